The highest BCUT2D eigenvalue weighted by Crippen LogP contribution is 2.24. The monoisotopic (exact) mass is 352 g/mol. The molecule has 0 spiro atoms. The van der Waals surface area contributed by atoms with Crippen molar-refractivity contribution in [3.8, 4) is 0 Å². The first-order valence-electron chi connectivity index (χ1n) is 8.60. The van der Waals surface area contributed by atoms with Gasteiger partial charge in [0.25, 0.3) is 5.91 Å². The van der Waals surface area contributed by atoms with Crippen molar-refractivity contribution in [2.24, 2.45) is 5.73 Å². The van der Waals surface area contributed by atoms with Crippen LogP contribution < -0.4 is 5.73 Å². The number of amides is 2. The number of nitrogens with two attached hydrogens (primary N) is 1. The molecule has 0 radical (unpaired) electrons. The van der Waals surface area contributed by atoms with Crippen molar-refractivity contribution in [1.82, 2.24) is 14.7 Å². The van der Waals surface area contributed by atoms with E-state index in [2.05, 4.69) is 5.10 Å². The molecule has 1 atom stereocenters. The lowest BCUT2D eigenvalue weighted by molar-refractivity contribution is -0.148. The van der Waals surface area contributed by atoms with Crippen LogP contribution in [0.5, 0.6) is 0 Å². The molecule has 1 fully saturated rings. The molecular formula is C17H28N4O4. The lowest BCUT2D eigenvalue weighted by Gasteiger charge is -2.41. The van der Waals surface area contributed by atoms with Crippen LogP contribution in [0.3, 0.4) is 0 Å². The number of rotatable bonds is 7. The minimum absolute atomic E-state index is 0.00883. The molecule has 1 aromatic heterocycles. The van der Waals surface area contributed by atoms with Crippen molar-refractivity contribution in [3.05, 3.63) is 17.5 Å². The zero-order valence-electron chi connectivity index (χ0n) is 15.4. The van der Waals surface area contributed by atoms with E-state index in [1.54, 1.807) is 9.58 Å². The molecule has 0 saturated carbocycles. The maximum absolute atomic E-state index is 13.0. The number of hydrogen-bond acceptors (Lipinski definition) is 5. The van der Waals surface area contributed by atoms with Gasteiger partial charge in [0.1, 0.15) is 11.3 Å². The SMILES string of the molecule is CCn1nc(C(C)C)cc1C(=O)N1CCO[C@](COC)(CC(N)=O)C1. The Balaban J connectivity index is 2.25. The number of hydrogen-bond donors (Lipinski definition) is 1. The zero-order chi connectivity index (χ0) is 18.6. The fourth-order valence-electron chi connectivity index (χ4n) is 3.14. The molecule has 2 heterocycles. The van der Waals surface area contributed by atoms with Gasteiger partial charge in [0.15, 0.2) is 0 Å². The molecule has 140 valence electrons. The number of nitrogens with zero attached hydrogens (tertiary/aromatic N) is 3. The van der Waals surface area contributed by atoms with E-state index >= 15 is 0 Å². The van der Waals surface area contributed by atoms with Gasteiger partial charge in [-0.1, -0.05) is 13.8 Å². The molecule has 0 unspecified atom stereocenters. The third-order valence-corrected chi connectivity index (χ3v) is 4.35. The van der Waals surface area contributed by atoms with Crippen LogP contribution in [-0.4, -0.2) is 65.5 Å². The van der Waals surface area contributed by atoms with Gasteiger partial charge in [0.05, 0.1) is 31.9 Å². The second kappa shape index (κ2) is 7.97. The van der Waals surface area contributed by atoms with Crippen molar-refractivity contribution in [3.63, 3.8) is 0 Å². The third kappa shape index (κ3) is 4.38. The molecule has 25 heavy (non-hydrogen) atoms. The summed E-state index contributed by atoms with van der Waals surface area (Å²) in [5, 5.41) is 4.50. The van der Waals surface area contributed by atoms with E-state index in [-0.39, 0.29) is 31.4 Å². The molecule has 1 aliphatic heterocycles. The first-order valence-corrected chi connectivity index (χ1v) is 8.60. The topological polar surface area (TPSA) is 99.7 Å². The number of aromatic nitrogens is 2. The molecule has 1 saturated heterocycles. The summed E-state index contributed by atoms with van der Waals surface area (Å²) in [7, 11) is 1.54. The number of aryl methyl sites for hydroxylation is 1. The van der Waals surface area contributed by atoms with Crippen LogP contribution in [-0.2, 0) is 20.8 Å². The quantitative estimate of drug-likeness (QED) is 0.781. The van der Waals surface area contributed by atoms with Crippen LogP contribution in [0.4, 0.5) is 0 Å². The maximum atomic E-state index is 13.0. The second-order valence-corrected chi connectivity index (χ2v) is 6.76. The van der Waals surface area contributed by atoms with Crippen molar-refractivity contribution in [2.45, 2.75) is 45.3 Å². The summed E-state index contributed by atoms with van der Waals surface area (Å²) in [6.45, 7) is 7.90. The van der Waals surface area contributed by atoms with Gasteiger partial charge in [-0.3, -0.25) is 14.3 Å². The molecular weight excluding hydrogens is 324 g/mol. The average Bonchev–Trinajstić information content (AvgIpc) is 2.98. The Hall–Kier alpha value is -1.93. The van der Waals surface area contributed by atoms with Gasteiger partial charge in [-0.15, -0.1) is 0 Å². The summed E-state index contributed by atoms with van der Waals surface area (Å²) >= 11 is 0. The van der Waals surface area contributed by atoms with Crippen molar-refractivity contribution in [1.29, 1.82) is 0 Å². The largest absolute Gasteiger partial charge is 0.382 e. The van der Waals surface area contributed by atoms with Gasteiger partial charge in [0.2, 0.25) is 5.91 Å². The number of primary amides is 1. The lowest BCUT2D eigenvalue weighted by atomic mass is 9.97. The van der Waals surface area contributed by atoms with Gasteiger partial charge in [-0.2, -0.15) is 5.10 Å². The summed E-state index contributed by atoms with van der Waals surface area (Å²) < 4.78 is 12.7. The van der Waals surface area contributed by atoms with Crippen LogP contribution in [0, 0.1) is 0 Å². The van der Waals surface area contributed by atoms with Crippen LogP contribution in [0.1, 0.15) is 49.3 Å². The number of morpholine rings is 1. The van der Waals surface area contributed by atoms with Crippen molar-refractivity contribution in [2.75, 3.05) is 33.4 Å². The highest BCUT2D eigenvalue weighted by atomic mass is 16.5. The van der Waals surface area contributed by atoms with Gasteiger partial charge < -0.3 is 20.1 Å². The standard InChI is InChI=1S/C17H28N4O4/c1-5-21-14(8-13(19-21)12(2)3)16(23)20-6-7-25-17(10-20,11-24-4)9-15(18)22/h8,12H,5-7,9-11H2,1-4H3,(H2,18,22)/t17-/m1/s1. The van der Waals surface area contributed by atoms with E-state index in [1.165, 1.54) is 7.11 Å². The number of carbonyl (C=O) groups is 2. The molecule has 2 N–H and O–H groups in total. The number of ether oxygens (including phenoxy) is 2. The minimum atomic E-state index is -0.896. The first-order chi connectivity index (χ1) is 11.8. The van der Waals surface area contributed by atoms with Crippen molar-refractivity contribution >= 4 is 11.8 Å². The Morgan fingerprint density at radius 2 is 2.20 bits per heavy atom. The molecule has 0 aliphatic carbocycles. The van der Waals surface area contributed by atoms with E-state index in [4.69, 9.17) is 15.2 Å². The fourth-order valence-corrected chi connectivity index (χ4v) is 3.14. The van der Waals surface area contributed by atoms with E-state index in [0.717, 1.165) is 5.69 Å². The van der Waals surface area contributed by atoms with Crippen LogP contribution >= 0.6 is 0 Å². The highest BCUT2D eigenvalue weighted by Gasteiger charge is 2.40. The predicted octanol–water partition coefficient (Wildman–Crippen LogP) is 0.759. The first kappa shape index (κ1) is 19.4. The summed E-state index contributed by atoms with van der Waals surface area (Å²) in [6.07, 6.45) is 0.00883. The Bertz CT molecular complexity index is 624. The molecule has 0 bridgehead atoms. The molecule has 8 heteroatoms. The van der Waals surface area contributed by atoms with E-state index < -0.39 is 11.5 Å². The van der Waals surface area contributed by atoms with Crippen LogP contribution in [0.25, 0.3) is 0 Å². The van der Waals surface area contributed by atoms with Crippen LogP contribution in [0.2, 0.25) is 0 Å². The van der Waals surface area contributed by atoms with E-state index in [0.29, 0.717) is 25.4 Å². The van der Waals surface area contributed by atoms with E-state index in [9.17, 15) is 9.59 Å². The molecule has 8 nitrogen and oxygen atoms in total. The predicted molar refractivity (Wildman–Crippen MR) is 92.3 cm³/mol. The van der Waals surface area contributed by atoms with Gasteiger partial charge in [-0.25, -0.2) is 0 Å². The normalized spacial score (nSPS) is 20.9. The van der Waals surface area contributed by atoms with Crippen LogP contribution in [0.15, 0.2) is 6.07 Å². The molecule has 0 aromatic carbocycles. The summed E-state index contributed by atoms with van der Waals surface area (Å²) in [4.78, 5) is 26.2. The number of methoxy groups -OCH3 is 1. The average molecular weight is 352 g/mol. The summed E-state index contributed by atoms with van der Waals surface area (Å²) in [5.74, 6) is -0.354. The Kier molecular flexibility index (Phi) is 6.18. The lowest BCUT2D eigenvalue weighted by Crippen LogP contribution is -2.57. The molecule has 2 rings (SSSR count). The number of carbonyl (C=O) groups excluding carboxylic acids is 2. The maximum Gasteiger partial charge on any atom is 0.272 e. The Morgan fingerprint density at radius 1 is 1.48 bits per heavy atom. The summed E-state index contributed by atoms with van der Waals surface area (Å²) in [6, 6.07) is 1.85. The molecule has 1 aliphatic rings. The Labute approximate surface area is 148 Å². The van der Waals surface area contributed by atoms with Crippen molar-refractivity contribution < 1.29 is 19.1 Å². The second-order valence-electron chi connectivity index (χ2n) is 6.76. The molecule has 1 aromatic rings. The fraction of sp³-hybridized carbons (Fsp3) is 0.706. The Morgan fingerprint density at radius 3 is 2.76 bits per heavy atom. The molecule has 2 amide bonds. The smallest absolute Gasteiger partial charge is 0.272 e. The minimum Gasteiger partial charge on any atom is -0.382 e. The van der Waals surface area contributed by atoms with Gasteiger partial charge in [-0.05, 0) is 18.9 Å². The zero-order valence-corrected chi connectivity index (χ0v) is 15.4. The van der Waals surface area contributed by atoms with Gasteiger partial charge >= 0.3 is 0 Å². The highest BCUT2D eigenvalue weighted by molar-refractivity contribution is 5.93. The summed E-state index contributed by atoms with van der Waals surface area (Å²) in [5.41, 5.74) is 5.91. The third-order valence-electron chi connectivity index (χ3n) is 4.35. The van der Waals surface area contributed by atoms with Gasteiger partial charge in [0, 0.05) is 20.2 Å². The van der Waals surface area contributed by atoms with E-state index in [1.807, 2.05) is 26.8 Å².